The number of carbonyl (C=O) groups excluding carboxylic acids is 1. The van der Waals surface area contributed by atoms with E-state index in [1.165, 1.54) is 12.8 Å². The van der Waals surface area contributed by atoms with Crippen molar-refractivity contribution in [2.75, 3.05) is 6.61 Å². The summed E-state index contributed by atoms with van der Waals surface area (Å²) in [4.78, 5) is 11.4. The molecule has 98 valence electrons. The standard InChI is InChI=1S/C14H20N2O2/c1-10(14(17)16-15)13-6-4-12(5-7-13)9-18-8-11-2-3-11/h4-7,10-11H,2-3,8-9,15H2,1H3,(H,16,17). The fourth-order valence-electron chi connectivity index (χ4n) is 1.81. The Bertz CT molecular complexity index is 399. The average molecular weight is 248 g/mol. The maximum atomic E-state index is 11.4. The van der Waals surface area contributed by atoms with Crippen LogP contribution in [0.1, 0.15) is 36.8 Å². The third-order valence-electron chi connectivity index (χ3n) is 3.33. The molecular weight excluding hydrogens is 228 g/mol. The SMILES string of the molecule is CC(C(=O)NN)c1ccc(COCC2CC2)cc1. The highest BCUT2D eigenvalue weighted by molar-refractivity contribution is 5.82. The average Bonchev–Trinajstić information content (AvgIpc) is 3.22. The molecule has 18 heavy (non-hydrogen) atoms. The minimum Gasteiger partial charge on any atom is -0.376 e. The van der Waals surface area contributed by atoms with E-state index in [1.54, 1.807) is 0 Å². The lowest BCUT2D eigenvalue weighted by Gasteiger charge is -2.11. The number of benzene rings is 1. The van der Waals surface area contributed by atoms with E-state index in [2.05, 4.69) is 5.43 Å². The van der Waals surface area contributed by atoms with E-state index >= 15 is 0 Å². The zero-order valence-corrected chi connectivity index (χ0v) is 10.7. The maximum Gasteiger partial charge on any atom is 0.241 e. The Kier molecular flexibility index (Phi) is 4.33. The van der Waals surface area contributed by atoms with Crippen LogP contribution in [0.25, 0.3) is 0 Å². The number of nitrogens with two attached hydrogens (primary N) is 1. The zero-order chi connectivity index (χ0) is 13.0. The Morgan fingerprint density at radius 3 is 2.67 bits per heavy atom. The van der Waals surface area contributed by atoms with Crippen LogP contribution in [0.4, 0.5) is 0 Å². The fourth-order valence-corrected chi connectivity index (χ4v) is 1.81. The van der Waals surface area contributed by atoms with Gasteiger partial charge in [-0.2, -0.15) is 0 Å². The molecule has 0 radical (unpaired) electrons. The molecule has 4 nitrogen and oxygen atoms in total. The van der Waals surface area contributed by atoms with Gasteiger partial charge in [0, 0.05) is 6.61 Å². The number of carbonyl (C=O) groups is 1. The van der Waals surface area contributed by atoms with Gasteiger partial charge in [-0.05, 0) is 36.8 Å². The molecule has 0 aliphatic heterocycles. The lowest BCUT2D eigenvalue weighted by Crippen LogP contribution is -2.33. The normalized spacial score (nSPS) is 16.3. The highest BCUT2D eigenvalue weighted by Crippen LogP contribution is 2.29. The molecule has 1 atom stereocenters. The first-order chi connectivity index (χ1) is 8.70. The molecule has 0 spiro atoms. The number of ether oxygens (including phenoxy) is 1. The summed E-state index contributed by atoms with van der Waals surface area (Å²) in [6.07, 6.45) is 2.62. The summed E-state index contributed by atoms with van der Waals surface area (Å²) >= 11 is 0. The molecule has 1 saturated carbocycles. The van der Waals surface area contributed by atoms with Crippen molar-refractivity contribution in [2.45, 2.75) is 32.3 Å². The van der Waals surface area contributed by atoms with Crippen LogP contribution in [0.15, 0.2) is 24.3 Å². The van der Waals surface area contributed by atoms with E-state index in [0.29, 0.717) is 6.61 Å². The van der Waals surface area contributed by atoms with E-state index in [4.69, 9.17) is 10.6 Å². The molecular formula is C14H20N2O2. The van der Waals surface area contributed by atoms with Crippen molar-refractivity contribution in [1.82, 2.24) is 5.43 Å². The van der Waals surface area contributed by atoms with E-state index in [-0.39, 0.29) is 11.8 Å². The van der Waals surface area contributed by atoms with Crippen molar-refractivity contribution in [3.05, 3.63) is 35.4 Å². The van der Waals surface area contributed by atoms with Gasteiger partial charge in [0.1, 0.15) is 0 Å². The minimum atomic E-state index is -0.226. The summed E-state index contributed by atoms with van der Waals surface area (Å²) in [5.41, 5.74) is 4.27. The number of amides is 1. The lowest BCUT2D eigenvalue weighted by atomic mass is 9.99. The third kappa shape index (κ3) is 3.55. The van der Waals surface area contributed by atoms with Crippen LogP contribution in [0.5, 0.6) is 0 Å². The van der Waals surface area contributed by atoms with E-state index < -0.39 is 0 Å². The van der Waals surface area contributed by atoms with Gasteiger partial charge in [0.2, 0.25) is 5.91 Å². The second-order valence-electron chi connectivity index (χ2n) is 4.93. The summed E-state index contributed by atoms with van der Waals surface area (Å²) in [5, 5.41) is 0. The second-order valence-corrected chi connectivity index (χ2v) is 4.93. The largest absolute Gasteiger partial charge is 0.376 e. The topological polar surface area (TPSA) is 64.4 Å². The molecule has 1 aromatic rings. The van der Waals surface area contributed by atoms with Gasteiger partial charge in [-0.3, -0.25) is 10.2 Å². The van der Waals surface area contributed by atoms with Gasteiger partial charge in [-0.25, -0.2) is 5.84 Å². The van der Waals surface area contributed by atoms with Gasteiger partial charge in [0.25, 0.3) is 0 Å². The van der Waals surface area contributed by atoms with Gasteiger partial charge < -0.3 is 4.74 Å². The van der Waals surface area contributed by atoms with Crippen LogP contribution in [0.3, 0.4) is 0 Å². The lowest BCUT2D eigenvalue weighted by molar-refractivity contribution is -0.122. The molecule has 0 heterocycles. The Balaban J connectivity index is 1.85. The van der Waals surface area contributed by atoms with Crippen LogP contribution in [-0.2, 0) is 16.1 Å². The van der Waals surface area contributed by atoms with E-state index in [0.717, 1.165) is 23.7 Å². The molecule has 1 aliphatic carbocycles. The van der Waals surface area contributed by atoms with Gasteiger partial charge in [-0.15, -0.1) is 0 Å². The summed E-state index contributed by atoms with van der Waals surface area (Å²) in [5.74, 6) is 5.51. The minimum absolute atomic E-state index is 0.173. The van der Waals surface area contributed by atoms with Crippen molar-refractivity contribution in [1.29, 1.82) is 0 Å². The summed E-state index contributed by atoms with van der Waals surface area (Å²) in [7, 11) is 0. The number of hydrogen-bond donors (Lipinski definition) is 2. The smallest absolute Gasteiger partial charge is 0.241 e. The number of hydrazine groups is 1. The molecule has 1 unspecified atom stereocenters. The Morgan fingerprint density at radius 2 is 2.11 bits per heavy atom. The summed E-state index contributed by atoms with van der Waals surface area (Å²) in [6, 6.07) is 7.91. The maximum absolute atomic E-state index is 11.4. The monoisotopic (exact) mass is 248 g/mol. The zero-order valence-electron chi connectivity index (χ0n) is 10.7. The molecule has 3 N–H and O–H groups in total. The van der Waals surface area contributed by atoms with Crippen molar-refractivity contribution in [2.24, 2.45) is 11.8 Å². The Hall–Kier alpha value is -1.39. The Labute approximate surface area is 107 Å². The first-order valence-corrected chi connectivity index (χ1v) is 6.37. The first-order valence-electron chi connectivity index (χ1n) is 6.37. The van der Waals surface area contributed by atoms with Gasteiger partial charge in [0.05, 0.1) is 12.5 Å². The summed E-state index contributed by atoms with van der Waals surface area (Å²) < 4.78 is 5.61. The molecule has 0 aromatic heterocycles. The number of nitrogens with one attached hydrogen (secondary N) is 1. The second kappa shape index (κ2) is 5.98. The van der Waals surface area contributed by atoms with Crippen LogP contribution in [-0.4, -0.2) is 12.5 Å². The van der Waals surface area contributed by atoms with Crippen LogP contribution in [0, 0.1) is 5.92 Å². The fraction of sp³-hybridized carbons (Fsp3) is 0.500. The Morgan fingerprint density at radius 1 is 1.44 bits per heavy atom. The van der Waals surface area contributed by atoms with E-state index in [9.17, 15) is 4.79 Å². The molecule has 4 heteroatoms. The van der Waals surface area contributed by atoms with Crippen LogP contribution in [0.2, 0.25) is 0 Å². The first kappa shape index (κ1) is 13.1. The predicted molar refractivity (Wildman–Crippen MR) is 69.6 cm³/mol. The third-order valence-corrected chi connectivity index (χ3v) is 3.33. The van der Waals surface area contributed by atoms with Crippen molar-refractivity contribution >= 4 is 5.91 Å². The van der Waals surface area contributed by atoms with Crippen LogP contribution >= 0.6 is 0 Å². The number of rotatable bonds is 6. The number of hydrogen-bond acceptors (Lipinski definition) is 3. The predicted octanol–water partition coefficient (Wildman–Crippen LogP) is 1.71. The van der Waals surface area contributed by atoms with Crippen molar-refractivity contribution in [3.63, 3.8) is 0 Å². The molecule has 2 rings (SSSR count). The van der Waals surface area contributed by atoms with Gasteiger partial charge in [-0.1, -0.05) is 24.3 Å². The van der Waals surface area contributed by atoms with Crippen molar-refractivity contribution < 1.29 is 9.53 Å². The molecule has 1 aromatic carbocycles. The molecule has 0 bridgehead atoms. The molecule has 1 aliphatic rings. The van der Waals surface area contributed by atoms with E-state index in [1.807, 2.05) is 31.2 Å². The molecule has 1 amide bonds. The highest BCUT2D eigenvalue weighted by Gasteiger charge is 2.21. The molecule has 0 saturated heterocycles. The summed E-state index contributed by atoms with van der Waals surface area (Å²) in [6.45, 7) is 3.35. The quantitative estimate of drug-likeness (QED) is 0.457. The molecule has 1 fully saturated rings. The van der Waals surface area contributed by atoms with Gasteiger partial charge >= 0.3 is 0 Å². The van der Waals surface area contributed by atoms with Gasteiger partial charge in [0.15, 0.2) is 0 Å². The highest BCUT2D eigenvalue weighted by atomic mass is 16.5. The van der Waals surface area contributed by atoms with Crippen molar-refractivity contribution in [3.8, 4) is 0 Å². The van der Waals surface area contributed by atoms with Crippen LogP contribution < -0.4 is 11.3 Å².